The van der Waals surface area contributed by atoms with Gasteiger partial charge in [0.15, 0.2) is 0 Å². The van der Waals surface area contributed by atoms with E-state index in [2.05, 4.69) is 24.1 Å². The Hall–Kier alpha value is -1.78. The van der Waals surface area contributed by atoms with Crippen LogP contribution in [0.2, 0.25) is 0 Å². The fourth-order valence-electron chi connectivity index (χ4n) is 3.00. The van der Waals surface area contributed by atoms with Crippen LogP contribution in [0.15, 0.2) is 18.3 Å². The molecule has 0 aromatic carbocycles. The number of nitrogens with zero attached hydrogens (tertiary/aromatic N) is 2. The molecule has 1 aliphatic rings. The van der Waals surface area contributed by atoms with E-state index >= 15 is 0 Å². The molecule has 2 atom stereocenters. The Morgan fingerprint density at radius 1 is 1.41 bits per heavy atom. The number of carbonyl (C=O) groups is 1. The van der Waals surface area contributed by atoms with Crippen molar-refractivity contribution in [3.63, 3.8) is 0 Å². The van der Waals surface area contributed by atoms with Crippen LogP contribution in [0.3, 0.4) is 0 Å². The third kappa shape index (κ3) is 4.61. The van der Waals surface area contributed by atoms with Crippen LogP contribution < -0.4 is 10.1 Å². The lowest BCUT2D eigenvalue weighted by Gasteiger charge is -2.35. The number of likely N-dealkylation sites (tertiary alicyclic amines) is 1. The number of ether oxygens (including phenoxy) is 1. The van der Waals surface area contributed by atoms with Crippen molar-refractivity contribution in [2.75, 3.05) is 13.1 Å². The number of piperidine rings is 1. The van der Waals surface area contributed by atoms with E-state index in [4.69, 9.17) is 4.74 Å². The highest BCUT2D eigenvalue weighted by atomic mass is 16.5. The summed E-state index contributed by atoms with van der Waals surface area (Å²) in [6, 6.07) is 3.80. The van der Waals surface area contributed by atoms with E-state index in [9.17, 15) is 4.79 Å². The van der Waals surface area contributed by atoms with Gasteiger partial charge in [0.1, 0.15) is 0 Å². The SMILES string of the molecule is CC1CC(C)CN(C(=O)NCc2cccnc2OC(C)C)C1. The fraction of sp³-hybridized carbons (Fsp3) is 0.647. The molecule has 1 aromatic rings. The quantitative estimate of drug-likeness (QED) is 0.930. The molecular formula is C17H27N3O2. The van der Waals surface area contributed by atoms with Gasteiger partial charge in [-0.05, 0) is 38.2 Å². The van der Waals surface area contributed by atoms with Gasteiger partial charge in [0, 0.05) is 31.4 Å². The van der Waals surface area contributed by atoms with Crippen LogP contribution in [-0.2, 0) is 6.54 Å². The Balaban J connectivity index is 1.93. The maximum Gasteiger partial charge on any atom is 0.317 e. The predicted molar refractivity (Wildman–Crippen MR) is 86.8 cm³/mol. The monoisotopic (exact) mass is 305 g/mol. The maximum absolute atomic E-state index is 12.3. The molecule has 0 bridgehead atoms. The smallest absolute Gasteiger partial charge is 0.317 e. The minimum atomic E-state index is -0.00208. The molecule has 1 N–H and O–H groups in total. The van der Waals surface area contributed by atoms with Gasteiger partial charge in [0.05, 0.1) is 6.10 Å². The first kappa shape index (κ1) is 16.6. The third-order valence-corrected chi connectivity index (χ3v) is 3.78. The molecule has 0 saturated carbocycles. The Kier molecular flexibility index (Phi) is 5.63. The lowest BCUT2D eigenvalue weighted by Crippen LogP contribution is -2.47. The first-order chi connectivity index (χ1) is 10.5. The second-order valence-electron chi connectivity index (χ2n) is 6.64. The van der Waals surface area contributed by atoms with Crippen molar-refractivity contribution in [2.45, 2.75) is 46.8 Å². The molecule has 5 nitrogen and oxygen atoms in total. The van der Waals surface area contributed by atoms with Gasteiger partial charge in [-0.3, -0.25) is 0 Å². The number of rotatable bonds is 4. The minimum absolute atomic E-state index is 0.00208. The molecule has 0 aliphatic carbocycles. The highest BCUT2D eigenvalue weighted by Gasteiger charge is 2.25. The van der Waals surface area contributed by atoms with Crippen molar-refractivity contribution >= 4 is 6.03 Å². The molecule has 22 heavy (non-hydrogen) atoms. The van der Waals surface area contributed by atoms with Gasteiger partial charge >= 0.3 is 6.03 Å². The molecule has 2 unspecified atom stereocenters. The Bertz CT molecular complexity index is 494. The average molecular weight is 305 g/mol. The number of hydrogen-bond acceptors (Lipinski definition) is 3. The molecule has 1 aromatic heterocycles. The van der Waals surface area contributed by atoms with E-state index < -0.39 is 0 Å². The fourth-order valence-corrected chi connectivity index (χ4v) is 3.00. The summed E-state index contributed by atoms with van der Waals surface area (Å²) >= 11 is 0. The number of amides is 2. The number of nitrogens with one attached hydrogen (secondary N) is 1. The zero-order valence-electron chi connectivity index (χ0n) is 14.0. The topological polar surface area (TPSA) is 54.5 Å². The summed E-state index contributed by atoms with van der Waals surface area (Å²) in [6.07, 6.45) is 2.96. The van der Waals surface area contributed by atoms with E-state index in [1.165, 1.54) is 6.42 Å². The summed E-state index contributed by atoms with van der Waals surface area (Å²) in [5.41, 5.74) is 0.905. The molecule has 0 spiro atoms. The van der Waals surface area contributed by atoms with E-state index in [0.29, 0.717) is 24.3 Å². The molecule has 2 rings (SSSR count). The number of pyridine rings is 1. The van der Waals surface area contributed by atoms with E-state index in [1.54, 1.807) is 6.20 Å². The molecule has 2 amide bonds. The zero-order chi connectivity index (χ0) is 16.1. The minimum Gasteiger partial charge on any atom is -0.475 e. The van der Waals surface area contributed by atoms with Crippen molar-refractivity contribution in [1.29, 1.82) is 0 Å². The normalized spacial score (nSPS) is 21.8. The van der Waals surface area contributed by atoms with Gasteiger partial charge in [-0.15, -0.1) is 0 Å². The third-order valence-electron chi connectivity index (χ3n) is 3.78. The molecule has 122 valence electrons. The second-order valence-corrected chi connectivity index (χ2v) is 6.64. The van der Waals surface area contributed by atoms with Crippen molar-refractivity contribution in [2.24, 2.45) is 11.8 Å². The lowest BCUT2D eigenvalue weighted by molar-refractivity contribution is 0.145. The van der Waals surface area contributed by atoms with Crippen molar-refractivity contribution in [1.82, 2.24) is 15.2 Å². The summed E-state index contributed by atoms with van der Waals surface area (Å²) in [6.45, 7) is 10.4. The second kappa shape index (κ2) is 7.47. The van der Waals surface area contributed by atoms with Crippen molar-refractivity contribution in [3.8, 4) is 5.88 Å². The van der Waals surface area contributed by atoms with Gasteiger partial charge in [-0.25, -0.2) is 9.78 Å². The van der Waals surface area contributed by atoms with Crippen LogP contribution in [0.5, 0.6) is 5.88 Å². The average Bonchev–Trinajstić information content (AvgIpc) is 2.44. The van der Waals surface area contributed by atoms with Gasteiger partial charge in [0.2, 0.25) is 5.88 Å². The van der Waals surface area contributed by atoms with Crippen LogP contribution in [0.4, 0.5) is 4.79 Å². The van der Waals surface area contributed by atoms with Crippen LogP contribution >= 0.6 is 0 Å². The standard InChI is InChI=1S/C17H27N3O2/c1-12(2)22-16-15(6-5-7-18-16)9-19-17(21)20-10-13(3)8-14(4)11-20/h5-7,12-14H,8-11H2,1-4H3,(H,19,21). The molecular weight excluding hydrogens is 278 g/mol. The van der Waals surface area contributed by atoms with Crippen LogP contribution in [0.25, 0.3) is 0 Å². The molecule has 1 fully saturated rings. The lowest BCUT2D eigenvalue weighted by atomic mass is 9.92. The zero-order valence-corrected chi connectivity index (χ0v) is 14.0. The van der Waals surface area contributed by atoms with Gasteiger partial charge in [0.25, 0.3) is 0 Å². The predicted octanol–water partition coefficient (Wildman–Crippen LogP) is 3.06. The highest BCUT2D eigenvalue weighted by Crippen LogP contribution is 2.21. The Morgan fingerprint density at radius 2 is 2.09 bits per heavy atom. The summed E-state index contributed by atoms with van der Waals surface area (Å²) in [7, 11) is 0. The Labute approximate surface area is 133 Å². The van der Waals surface area contributed by atoms with Crippen LogP contribution in [0.1, 0.15) is 39.7 Å². The molecule has 0 radical (unpaired) electrons. The van der Waals surface area contributed by atoms with Crippen LogP contribution in [-0.4, -0.2) is 35.1 Å². The van der Waals surface area contributed by atoms with Crippen LogP contribution in [0, 0.1) is 11.8 Å². The van der Waals surface area contributed by atoms with E-state index in [0.717, 1.165) is 18.7 Å². The van der Waals surface area contributed by atoms with Gasteiger partial charge < -0.3 is 15.0 Å². The van der Waals surface area contributed by atoms with Gasteiger partial charge in [-0.1, -0.05) is 19.9 Å². The highest BCUT2D eigenvalue weighted by molar-refractivity contribution is 5.74. The summed E-state index contributed by atoms with van der Waals surface area (Å²) < 4.78 is 5.68. The van der Waals surface area contributed by atoms with E-state index in [-0.39, 0.29) is 12.1 Å². The first-order valence-corrected chi connectivity index (χ1v) is 8.09. The molecule has 2 heterocycles. The maximum atomic E-state index is 12.3. The Morgan fingerprint density at radius 3 is 2.73 bits per heavy atom. The number of carbonyl (C=O) groups excluding carboxylic acids is 1. The molecule has 1 saturated heterocycles. The van der Waals surface area contributed by atoms with Crippen molar-refractivity contribution < 1.29 is 9.53 Å². The summed E-state index contributed by atoms with van der Waals surface area (Å²) in [5, 5.41) is 2.99. The van der Waals surface area contributed by atoms with E-state index in [1.807, 2.05) is 30.9 Å². The summed E-state index contributed by atoms with van der Waals surface area (Å²) in [4.78, 5) is 18.5. The number of hydrogen-bond donors (Lipinski definition) is 1. The number of urea groups is 1. The summed E-state index contributed by atoms with van der Waals surface area (Å²) in [5.74, 6) is 1.72. The molecule has 1 aliphatic heterocycles. The van der Waals surface area contributed by atoms with Gasteiger partial charge in [-0.2, -0.15) is 0 Å². The first-order valence-electron chi connectivity index (χ1n) is 8.09. The number of aromatic nitrogens is 1. The molecule has 5 heteroatoms. The largest absolute Gasteiger partial charge is 0.475 e. The van der Waals surface area contributed by atoms with Crippen molar-refractivity contribution in [3.05, 3.63) is 23.9 Å².